The van der Waals surface area contributed by atoms with Crippen LogP contribution in [-0.4, -0.2) is 19.4 Å². The molecule has 1 aromatic carbocycles. The van der Waals surface area contributed by atoms with Crippen molar-refractivity contribution in [2.24, 2.45) is 0 Å². The molecule has 0 unspecified atom stereocenters. The van der Waals surface area contributed by atoms with Gasteiger partial charge in [-0.1, -0.05) is 11.6 Å². The fraction of sp³-hybridized carbons (Fsp3) is 0.300. The second-order valence-electron chi connectivity index (χ2n) is 2.90. The van der Waals surface area contributed by atoms with Gasteiger partial charge >= 0.3 is 0 Å². The molecule has 0 amide bonds. The summed E-state index contributed by atoms with van der Waals surface area (Å²) in [5.41, 5.74) is 0.252. The number of carbonyl (C=O) groups excluding carboxylic acids is 1. The van der Waals surface area contributed by atoms with E-state index in [4.69, 9.17) is 11.6 Å². The van der Waals surface area contributed by atoms with Gasteiger partial charge in [0.15, 0.2) is 5.78 Å². The SMILES string of the molecule is CNCCC(=O)c1cc(F)ccc1Cl. The number of nitrogens with one attached hydrogen (secondary N) is 1. The van der Waals surface area contributed by atoms with Crippen molar-refractivity contribution < 1.29 is 9.18 Å². The van der Waals surface area contributed by atoms with Gasteiger partial charge in [-0.3, -0.25) is 4.79 Å². The van der Waals surface area contributed by atoms with E-state index in [2.05, 4.69) is 5.32 Å². The number of Topliss-reactive ketones (excluding diaryl/α,β-unsaturated/α-hetero) is 1. The molecule has 0 aromatic heterocycles. The summed E-state index contributed by atoms with van der Waals surface area (Å²) in [5, 5.41) is 3.14. The van der Waals surface area contributed by atoms with E-state index in [0.29, 0.717) is 18.0 Å². The average Bonchev–Trinajstić information content (AvgIpc) is 2.18. The molecule has 76 valence electrons. The van der Waals surface area contributed by atoms with Crippen LogP contribution in [0.1, 0.15) is 16.8 Å². The summed E-state index contributed by atoms with van der Waals surface area (Å²) < 4.78 is 12.8. The van der Waals surface area contributed by atoms with Crippen molar-refractivity contribution in [1.82, 2.24) is 5.32 Å². The monoisotopic (exact) mass is 215 g/mol. The minimum absolute atomic E-state index is 0.149. The minimum atomic E-state index is -0.442. The molecule has 0 aliphatic carbocycles. The highest BCUT2D eigenvalue weighted by molar-refractivity contribution is 6.33. The lowest BCUT2D eigenvalue weighted by Crippen LogP contribution is -2.13. The number of hydrogen-bond acceptors (Lipinski definition) is 2. The number of carbonyl (C=O) groups is 1. The lowest BCUT2D eigenvalue weighted by molar-refractivity contribution is 0.0983. The highest BCUT2D eigenvalue weighted by Gasteiger charge is 2.10. The Bertz CT molecular complexity index is 341. The van der Waals surface area contributed by atoms with E-state index in [-0.39, 0.29) is 11.3 Å². The smallest absolute Gasteiger partial charge is 0.165 e. The predicted molar refractivity (Wildman–Crippen MR) is 54.3 cm³/mol. The van der Waals surface area contributed by atoms with Crippen LogP contribution in [0, 0.1) is 5.82 Å². The van der Waals surface area contributed by atoms with Gasteiger partial charge in [0.2, 0.25) is 0 Å². The maximum absolute atomic E-state index is 12.8. The summed E-state index contributed by atoms with van der Waals surface area (Å²) >= 11 is 5.76. The number of benzene rings is 1. The van der Waals surface area contributed by atoms with Crippen LogP contribution in [0.25, 0.3) is 0 Å². The molecule has 1 aromatic rings. The van der Waals surface area contributed by atoms with E-state index in [1.807, 2.05) is 0 Å². The number of hydrogen-bond donors (Lipinski definition) is 1. The summed E-state index contributed by atoms with van der Waals surface area (Å²) in [7, 11) is 1.75. The first-order valence-electron chi connectivity index (χ1n) is 4.28. The van der Waals surface area contributed by atoms with Crippen molar-refractivity contribution in [3.63, 3.8) is 0 Å². The van der Waals surface area contributed by atoms with Gasteiger partial charge in [0.25, 0.3) is 0 Å². The number of ketones is 1. The van der Waals surface area contributed by atoms with Crippen molar-refractivity contribution in [3.05, 3.63) is 34.6 Å². The molecule has 0 fully saturated rings. The van der Waals surface area contributed by atoms with Gasteiger partial charge < -0.3 is 5.32 Å². The van der Waals surface area contributed by atoms with E-state index in [9.17, 15) is 9.18 Å². The summed E-state index contributed by atoms with van der Waals surface area (Å²) in [6.07, 6.45) is 0.319. The maximum atomic E-state index is 12.8. The highest BCUT2D eigenvalue weighted by Crippen LogP contribution is 2.18. The number of halogens is 2. The van der Waals surface area contributed by atoms with Crippen LogP contribution >= 0.6 is 11.6 Å². The van der Waals surface area contributed by atoms with Crippen LogP contribution < -0.4 is 5.32 Å². The molecule has 0 radical (unpaired) electrons. The summed E-state index contributed by atoms with van der Waals surface area (Å²) in [6.45, 7) is 0.561. The zero-order chi connectivity index (χ0) is 10.6. The van der Waals surface area contributed by atoms with Crippen molar-refractivity contribution in [3.8, 4) is 0 Å². The van der Waals surface area contributed by atoms with Gasteiger partial charge in [-0.2, -0.15) is 0 Å². The number of rotatable bonds is 4. The molecule has 1 rings (SSSR count). The second-order valence-corrected chi connectivity index (χ2v) is 3.31. The fourth-order valence-electron chi connectivity index (χ4n) is 1.08. The Morgan fingerprint density at radius 1 is 1.57 bits per heavy atom. The Hall–Kier alpha value is -0.930. The minimum Gasteiger partial charge on any atom is -0.319 e. The Balaban J connectivity index is 2.83. The normalized spacial score (nSPS) is 10.2. The Morgan fingerprint density at radius 3 is 2.93 bits per heavy atom. The molecular weight excluding hydrogens is 205 g/mol. The molecule has 0 saturated carbocycles. The molecular formula is C10H11ClFNO. The molecule has 0 atom stereocenters. The van der Waals surface area contributed by atoms with E-state index in [0.717, 1.165) is 0 Å². The van der Waals surface area contributed by atoms with Crippen molar-refractivity contribution in [2.75, 3.05) is 13.6 Å². The van der Waals surface area contributed by atoms with E-state index < -0.39 is 5.82 Å². The lowest BCUT2D eigenvalue weighted by atomic mass is 10.1. The molecule has 0 saturated heterocycles. The van der Waals surface area contributed by atoms with Crippen LogP contribution in [0.5, 0.6) is 0 Å². The molecule has 2 nitrogen and oxygen atoms in total. The summed E-state index contributed by atoms with van der Waals surface area (Å²) in [4.78, 5) is 11.5. The van der Waals surface area contributed by atoms with Crippen molar-refractivity contribution >= 4 is 17.4 Å². The Kier molecular flexibility index (Phi) is 4.04. The predicted octanol–water partition coefficient (Wildman–Crippen LogP) is 2.27. The zero-order valence-corrected chi connectivity index (χ0v) is 8.57. The third-order valence-corrected chi connectivity index (χ3v) is 2.16. The molecule has 4 heteroatoms. The highest BCUT2D eigenvalue weighted by atomic mass is 35.5. The summed E-state index contributed by atoms with van der Waals surface area (Å²) in [5.74, 6) is -0.592. The summed E-state index contributed by atoms with van der Waals surface area (Å²) in [6, 6.07) is 3.79. The topological polar surface area (TPSA) is 29.1 Å². The van der Waals surface area contributed by atoms with Gasteiger partial charge in [-0.05, 0) is 25.2 Å². The lowest BCUT2D eigenvalue weighted by Gasteiger charge is -2.03. The first kappa shape index (κ1) is 11.1. The fourth-order valence-corrected chi connectivity index (χ4v) is 1.31. The van der Waals surface area contributed by atoms with Crippen LogP contribution in [-0.2, 0) is 0 Å². The third-order valence-electron chi connectivity index (χ3n) is 1.83. The van der Waals surface area contributed by atoms with Gasteiger partial charge in [-0.25, -0.2) is 4.39 Å². The standard InChI is InChI=1S/C10H11ClFNO/c1-13-5-4-10(14)8-6-7(12)2-3-9(8)11/h2-3,6,13H,4-5H2,1H3. The molecule has 0 bridgehead atoms. The quantitative estimate of drug-likeness (QED) is 0.781. The van der Waals surface area contributed by atoms with E-state index >= 15 is 0 Å². The van der Waals surface area contributed by atoms with Crippen molar-refractivity contribution in [2.45, 2.75) is 6.42 Å². The van der Waals surface area contributed by atoms with Crippen molar-refractivity contribution in [1.29, 1.82) is 0 Å². The first-order valence-corrected chi connectivity index (χ1v) is 4.66. The van der Waals surface area contributed by atoms with Gasteiger partial charge in [-0.15, -0.1) is 0 Å². The molecule has 0 spiro atoms. The zero-order valence-electron chi connectivity index (χ0n) is 7.81. The van der Waals surface area contributed by atoms with Crippen LogP contribution in [0.15, 0.2) is 18.2 Å². The van der Waals surface area contributed by atoms with Gasteiger partial charge in [0, 0.05) is 18.5 Å². The third kappa shape index (κ3) is 2.79. The molecule has 1 N–H and O–H groups in total. The molecule has 14 heavy (non-hydrogen) atoms. The maximum Gasteiger partial charge on any atom is 0.165 e. The largest absolute Gasteiger partial charge is 0.319 e. The second kappa shape index (κ2) is 5.08. The van der Waals surface area contributed by atoms with E-state index in [1.165, 1.54) is 18.2 Å². The van der Waals surface area contributed by atoms with Gasteiger partial charge in [0.1, 0.15) is 5.82 Å². The van der Waals surface area contributed by atoms with Crippen LogP contribution in [0.4, 0.5) is 4.39 Å². The Labute approximate surface area is 87.1 Å². The molecule has 0 aliphatic rings. The Morgan fingerprint density at radius 2 is 2.29 bits per heavy atom. The molecule has 0 aliphatic heterocycles. The van der Waals surface area contributed by atoms with E-state index in [1.54, 1.807) is 7.05 Å². The van der Waals surface area contributed by atoms with Crippen LogP contribution in [0.2, 0.25) is 5.02 Å². The van der Waals surface area contributed by atoms with Gasteiger partial charge in [0.05, 0.1) is 5.02 Å². The average molecular weight is 216 g/mol. The van der Waals surface area contributed by atoms with Crippen LogP contribution in [0.3, 0.4) is 0 Å². The molecule has 0 heterocycles. The first-order chi connectivity index (χ1) is 6.65.